The summed E-state index contributed by atoms with van der Waals surface area (Å²) >= 11 is 0. The van der Waals surface area contributed by atoms with Crippen molar-refractivity contribution in [2.24, 2.45) is 5.73 Å². The maximum absolute atomic E-state index is 13.4. The van der Waals surface area contributed by atoms with E-state index in [4.69, 9.17) is 10.8 Å². The topological polar surface area (TPSA) is 215 Å². The number of nitrogens with one attached hydrogen (secondary N) is 5. The number of fused-ring (bicyclic) bond motifs is 1. The number of imidazole rings is 1. The summed E-state index contributed by atoms with van der Waals surface area (Å²) in [6, 6.07) is 3.82. The van der Waals surface area contributed by atoms with Crippen LogP contribution in [0.2, 0.25) is 0 Å². The van der Waals surface area contributed by atoms with E-state index >= 15 is 0 Å². The molecule has 192 valence electrons. The minimum atomic E-state index is -1.28. The SMILES string of the molecule is CC(O)C(N)C(=O)NC(Cc1c[nH]c2ccccc12)C(=O)NC(Cc1cnc[nH]1)C(=O)NCC(=O)O. The van der Waals surface area contributed by atoms with Gasteiger partial charge in [0, 0.05) is 41.8 Å². The number of hydrogen-bond donors (Lipinski definition) is 8. The summed E-state index contributed by atoms with van der Waals surface area (Å²) in [7, 11) is 0. The first kappa shape index (κ1) is 26.4. The van der Waals surface area contributed by atoms with Crippen molar-refractivity contribution in [1.82, 2.24) is 30.9 Å². The van der Waals surface area contributed by atoms with Crippen molar-refractivity contribution in [1.29, 1.82) is 0 Å². The molecule has 3 amide bonds. The zero-order valence-electron chi connectivity index (χ0n) is 19.5. The van der Waals surface area contributed by atoms with E-state index in [0.717, 1.165) is 16.5 Å². The van der Waals surface area contributed by atoms with Crippen molar-refractivity contribution in [2.75, 3.05) is 6.54 Å². The first-order valence-corrected chi connectivity index (χ1v) is 11.2. The third-order valence-electron chi connectivity index (χ3n) is 5.58. The molecule has 2 heterocycles. The Morgan fingerprint density at radius 1 is 1.03 bits per heavy atom. The summed E-state index contributed by atoms with van der Waals surface area (Å²) in [5, 5.41) is 26.8. The van der Waals surface area contributed by atoms with E-state index in [1.54, 1.807) is 6.20 Å². The number of aromatic nitrogens is 3. The molecule has 3 rings (SSSR count). The lowest BCUT2D eigenvalue weighted by molar-refractivity contribution is -0.138. The number of aliphatic carboxylic acids is 1. The Kier molecular flexibility index (Phi) is 8.76. The van der Waals surface area contributed by atoms with Crippen LogP contribution in [0.1, 0.15) is 18.2 Å². The number of carboxylic acids is 1. The van der Waals surface area contributed by atoms with Crippen LogP contribution in [0.5, 0.6) is 0 Å². The molecule has 9 N–H and O–H groups in total. The van der Waals surface area contributed by atoms with Crippen molar-refractivity contribution in [2.45, 2.75) is 44.0 Å². The van der Waals surface area contributed by atoms with Crippen LogP contribution in [0.3, 0.4) is 0 Å². The minimum Gasteiger partial charge on any atom is -0.480 e. The van der Waals surface area contributed by atoms with Gasteiger partial charge in [0.1, 0.15) is 24.7 Å². The summed E-state index contributed by atoms with van der Waals surface area (Å²) < 4.78 is 0. The summed E-state index contributed by atoms with van der Waals surface area (Å²) in [4.78, 5) is 59.3. The summed E-state index contributed by atoms with van der Waals surface area (Å²) in [6.07, 6.45) is 3.49. The number of carbonyl (C=O) groups excluding carboxylic acids is 3. The quantitative estimate of drug-likeness (QED) is 0.147. The van der Waals surface area contributed by atoms with E-state index in [0.29, 0.717) is 5.69 Å². The Morgan fingerprint density at radius 2 is 1.72 bits per heavy atom. The number of aliphatic hydroxyl groups excluding tert-OH is 1. The van der Waals surface area contributed by atoms with E-state index in [1.165, 1.54) is 19.4 Å². The van der Waals surface area contributed by atoms with Gasteiger partial charge in [-0.15, -0.1) is 0 Å². The average molecular weight is 500 g/mol. The molecule has 0 saturated heterocycles. The lowest BCUT2D eigenvalue weighted by Gasteiger charge is -2.24. The monoisotopic (exact) mass is 499 g/mol. The number of nitrogens with two attached hydrogens (primary N) is 1. The second-order valence-corrected chi connectivity index (χ2v) is 8.34. The molecule has 0 aliphatic carbocycles. The van der Waals surface area contributed by atoms with Gasteiger partial charge in [0.25, 0.3) is 0 Å². The van der Waals surface area contributed by atoms with E-state index in [2.05, 4.69) is 30.9 Å². The highest BCUT2D eigenvalue weighted by Crippen LogP contribution is 2.19. The van der Waals surface area contributed by atoms with Gasteiger partial charge in [0.05, 0.1) is 12.4 Å². The number of hydrogen-bond acceptors (Lipinski definition) is 7. The van der Waals surface area contributed by atoms with Crippen LogP contribution in [0.25, 0.3) is 10.9 Å². The zero-order valence-corrected chi connectivity index (χ0v) is 19.5. The fraction of sp³-hybridized carbons (Fsp3) is 0.348. The van der Waals surface area contributed by atoms with Crippen molar-refractivity contribution < 1.29 is 29.4 Å². The van der Waals surface area contributed by atoms with Gasteiger partial charge >= 0.3 is 5.97 Å². The molecule has 0 spiro atoms. The summed E-state index contributed by atoms with van der Waals surface area (Å²) in [5.41, 5.74) is 7.85. The van der Waals surface area contributed by atoms with E-state index < -0.39 is 54.5 Å². The third kappa shape index (κ3) is 6.90. The van der Waals surface area contributed by atoms with Crippen LogP contribution in [0.4, 0.5) is 0 Å². The van der Waals surface area contributed by atoms with Crippen LogP contribution in [0, 0.1) is 0 Å². The van der Waals surface area contributed by atoms with Crippen molar-refractivity contribution in [3.05, 3.63) is 54.2 Å². The molecule has 2 aromatic heterocycles. The fourth-order valence-electron chi connectivity index (χ4n) is 3.60. The standard InChI is InChI=1S/C23H29N7O6/c1-12(31)20(24)23(36)30-17(6-13-8-26-16-5-3-2-4-15(13)16)22(35)29-18(7-14-9-25-11-28-14)21(34)27-10-19(32)33/h2-5,8-9,11-12,17-18,20,26,31H,6-7,10,24H2,1H3,(H,25,28)(H,27,34)(H,29,35)(H,30,36)(H,32,33). The van der Waals surface area contributed by atoms with Crippen LogP contribution < -0.4 is 21.7 Å². The number of benzene rings is 1. The molecule has 13 nitrogen and oxygen atoms in total. The molecule has 0 radical (unpaired) electrons. The van der Waals surface area contributed by atoms with E-state index in [1.807, 2.05) is 24.3 Å². The van der Waals surface area contributed by atoms with Gasteiger partial charge in [-0.1, -0.05) is 18.2 Å². The number of carboxylic acid groups (broad SMARTS) is 1. The van der Waals surface area contributed by atoms with E-state index in [-0.39, 0.29) is 12.8 Å². The number of aliphatic hydroxyl groups is 1. The number of carbonyl (C=O) groups is 4. The maximum atomic E-state index is 13.4. The smallest absolute Gasteiger partial charge is 0.322 e. The average Bonchev–Trinajstić information content (AvgIpc) is 3.51. The number of nitrogens with zero attached hydrogens (tertiary/aromatic N) is 1. The van der Waals surface area contributed by atoms with Crippen molar-refractivity contribution in [3.8, 4) is 0 Å². The molecule has 36 heavy (non-hydrogen) atoms. The molecule has 0 aliphatic heterocycles. The van der Waals surface area contributed by atoms with Gasteiger partial charge < -0.3 is 41.9 Å². The molecule has 13 heteroatoms. The van der Waals surface area contributed by atoms with Crippen molar-refractivity contribution >= 4 is 34.6 Å². The molecular formula is C23H29N7O6. The van der Waals surface area contributed by atoms with Crippen LogP contribution in [0.15, 0.2) is 43.0 Å². The molecule has 0 bridgehead atoms. The third-order valence-corrected chi connectivity index (χ3v) is 5.58. The summed E-state index contributed by atoms with van der Waals surface area (Å²) in [6.45, 7) is 0.721. The molecule has 4 atom stereocenters. The highest BCUT2D eigenvalue weighted by Gasteiger charge is 2.30. The van der Waals surface area contributed by atoms with Gasteiger partial charge in [-0.05, 0) is 18.6 Å². The Bertz CT molecular complexity index is 1210. The molecule has 0 fully saturated rings. The number of para-hydroxylation sites is 1. The first-order valence-electron chi connectivity index (χ1n) is 11.2. The Balaban J connectivity index is 1.84. The Morgan fingerprint density at radius 3 is 2.39 bits per heavy atom. The zero-order chi connectivity index (χ0) is 26.2. The number of aromatic amines is 2. The number of rotatable bonds is 12. The van der Waals surface area contributed by atoms with Crippen molar-refractivity contribution in [3.63, 3.8) is 0 Å². The highest BCUT2D eigenvalue weighted by molar-refractivity contribution is 5.94. The Labute approximate surface area is 205 Å². The Hall–Kier alpha value is -4.23. The lowest BCUT2D eigenvalue weighted by Crippen LogP contribution is -2.58. The molecular weight excluding hydrogens is 470 g/mol. The van der Waals surface area contributed by atoms with Crippen LogP contribution in [-0.4, -0.2) is 79.6 Å². The molecule has 4 unspecified atom stereocenters. The van der Waals surface area contributed by atoms with Gasteiger partial charge in [-0.25, -0.2) is 4.98 Å². The second-order valence-electron chi connectivity index (χ2n) is 8.34. The normalized spacial score (nSPS) is 14.4. The number of amides is 3. The minimum absolute atomic E-state index is 0.00185. The maximum Gasteiger partial charge on any atom is 0.322 e. The predicted octanol–water partition coefficient (Wildman–Crippen LogP) is -1.45. The molecule has 1 aromatic carbocycles. The second kappa shape index (κ2) is 12.0. The fourth-order valence-corrected chi connectivity index (χ4v) is 3.60. The van der Waals surface area contributed by atoms with Gasteiger partial charge in [-0.2, -0.15) is 0 Å². The van der Waals surface area contributed by atoms with Gasteiger partial charge in [0.15, 0.2) is 0 Å². The molecule has 0 aliphatic rings. The van der Waals surface area contributed by atoms with Crippen LogP contribution in [-0.2, 0) is 32.0 Å². The molecule has 3 aromatic rings. The van der Waals surface area contributed by atoms with Gasteiger partial charge in [0.2, 0.25) is 17.7 Å². The molecule has 0 saturated carbocycles. The van der Waals surface area contributed by atoms with E-state index in [9.17, 15) is 24.3 Å². The predicted molar refractivity (Wildman–Crippen MR) is 128 cm³/mol. The first-order chi connectivity index (χ1) is 17.2. The van der Waals surface area contributed by atoms with Crippen LogP contribution >= 0.6 is 0 Å². The summed E-state index contributed by atoms with van der Waals surface area (Å²) in [5.74, 6) is -3.41. The van der Waals surface area contributed by atoms with Gasteiger partial charge in [-0.3, -0.25) is 19.2 Å². The number of H-pyrrole nitrogens is 2. The largest absolute Gasteiger partial charge is 0.480 e. The highest BCUT2D eigenvalue weighted by atomic mass is 16.4. The lowest BCUT2D eigenvalue weighted by atomic mass is 10.0.